The molecule has 0 aromatic heterocycles. The highest BCUT2D eigenvalue weighted by molar-refractivity contribution is 5.85. The molecule has 22 heavy (non-hydrogen) atoms. The van der Waals surface area contributed by atoms with Crippen LogP contribution in [0.25, 0.3) is 0 Å². The van der Waals surface area contributed by atoms with Gasteiger partial charge in [0.1, 0.15) is 12.4 Å². The second kappa shape index (κ2) is 5.32. The van der Waals surface area contributed by atoms with Gasteiger partial charge < -0.3 is 44.9 Å². The van der Waals surface area contributed by atoms with Crippen LogP contribution < -0.4 is 44.9 Å². The van der Waals surface area contributed by atoms with Crippen LogP contribution in [0.1, 0.15) is 11.1 Å². The molecule has 0 unspecified atom stereocenters. The second-order valence-corrected chi connectivity index (χ2v) is 5.07. The maximum absolute atomic E-state index is 5.98. The molecule has 0 spiro atoms. The molecule has 0 radical (unpaired) electrons. The third-order valence-corrected chi connectivity index (χ3v) is 3.63. The minimum absolute atomic E-state index is 0.0785. The van der Waals surface area contributed by atoms with E-state index in [0.717, 1.165) is 0 Å². The molecule has 0 aliphatic heterocycles. The highest BCUT2D eigenvalue weighted by atomic mass is 16.5. The van der Waals surface area contributed by atoms with Crippen LogP contribution >= 0.6 is 0 Å². The monoisotopic (exact) mass is 303 g/mol. The summed E-state index contributed by atoms with van der Waals surface area (Å²) in [7, 11) is 0. The van der Waals surface area contributed by atoms with Crippen molar-refractivity contribution in [3.05, 3.63) is 23.3 Å². The smallest absolute Gasteiger partial charge is 0.145 e. The van der Waals surface area contributed by atoms with Crippen LogP contribution in [0.5, 0.6) is 5.75 Å². The average molecular weight is 303 g/mol. The fourth-order valence-electron chi connectivity index (χ4n) is 2.08. The topological polar surface area (TPSA) is 191 Å². The van der Waals surface area contributed by atoms with E-state index in [2.05, 4.69) is 0 Å². The van der Waals surface area contributed by atoms with Crippen LogP contribution in [-0.2, 0) is 6.61 Å². The molecule has 2 aromatic carbocycles. The zero-order chi connectivity index (χ0) is 16.6. The number of benzene rings is 2. The standard InChI is InChI=1S/C14H21N7O/c1-5-11(18)9(17)3-10(12(5)19)22-4-6-7(15)2-8(16)14(21)13(6)20/h2-3H,4,15-21H2,1H3. The first-order valence-corrected chi connectivity index (χ1v) is 6.52. The summed E-state index contributed by atoms with van der Waals surface area (Å²) in [6.07, 6.45) is 0. The molecule has 0 aliphatic rings. The lowest BCUT2D eigenvalue weighted by Crippen LogP contribution is -2.10. The van der Waals surface area contributed by atoms with Gasteiger partial charge in [-0.05, 0) is 13.0 Å². The first-order chi connectivity index (χ1) is 10.2. The highest BCUT2D eigenvalue weighted by Crippen LogP contribution is 2.36. The molecule has 118 valence electrons. The predicted octanol–water partition coefficient (Wildman–Crippen LogP) is 0.649. The van der Waals surface area contributed by atoms with Crippen LogP contribution in [0, 0.1) is 6.92 Å². The number of hydrogen-bond acceptors (Lipinski definition) is 8. The molecule has 0 fully saturated rings. The zero-order valence-electron chi connectivity index (χ0n) is 12.3. The Labute approximate surface area is 128 Å². The lowest BCUT2D eigenvalue weighted by molar-refractivity contribution is 0.309. The molecule has 8 heteroatoms. The third kappa shape index (κ3) is 2.41. The largest absolute Gasteiger partial charge is 0.486 e. The van der Waals surface area contributed by atoms with E-state index in [-0.39, 0.29) is 18.0 Å². The summed E-state index contributed by atoms with van der Waals surface area (Å²) >= 11 is 0. The van der Waals surface area contributed by atoms with Crippen molar-refractivity contribution in [3.63, 3.8) is 0 Å². The second-order valence-electron chi connectivity index (χ2n) is 5.07. The van der Waals surface area contributed by atoms with Gasteiger partial charge in [0.05, 0.1) is 34.1 Å². The molecule has 14 N–H and O–H groups in total. The van der Waals surface area contributed by atoms with Crippen LogP contribution in [0.3, 0.4) is 0 Å². The molecule has 0 saturated heterocycles. The average Bonchev–Trinajstić information content (AvgIpc) is 2.47. The Hall–Kier alpha value is -3.16. The molecule has 8 nitrogen and oxygen atoms in total. The molecule has 2 aromatic rings. The molecule has 0 aliphatic carbocycles. The molecule has 0 saturated carbocycles. The van der Waals surface area contributed by atoms with Gasteiger partial charge in [-0.2, -0.15) is 0 Å². The van der Waals surface area contributed by atoms with Gasteiger partial charge in [-0.25, -0.2) is 0 Å². The van der Waals surface area contributed by atoms with E-state index in [4.69, 9.17) is 44.9 Å². The third-order valence-electron chi connectivity index (χ3n) is 3.63. The van der Waals surface area contributed by atoms with Crippen molar-refractivity contribution < 1.29 is 4.74 Å². The summed E-state index contributed by atoms with van der Waals surface area (Å²) < 4.78 is 5.68. The highest BCUT2D eigenvalue weighted by Gasteiger charge is 2.14. The first-order valence-electron chi connectivity index (χ1n) is 6.52. The van der Waals surface area contributed by atoms with Gasteiger partial charge >= 0.3 is 0 Å². The number of hydrogen-bond donors (Lipinski definition) is 7. The van der Waals surface area contributed by atoms with Gasteiger partial charge in [-0.15, -0.1) is 0 Å². The van der Waals surface area contributed by atoms with Crippen molar-refractivity contribution >= 4 is 39.8 Å². The van der Waals surface area contributed by atoms with E-state index in [1.807, 2.05) is 0 Å². The summed E-state index contributed by atoms with van der Waals surface area (Å²) in [6, 6.07) is 3.10. The molecule has 0 bridgehead atoms. The number of nitrogens with two attached hydrogens (primary N) is 7. The number of rotatable bonds is 3. The summed E-state index contributed by atoms with van der Waals surface area (Å²) in [5, 5.41) is 0. The van der Waals surface area contributed by atoms with Crippen molar-refractivity contribution in [2.45, 2.75) is 13.5 Å². The van der Waals surface area contributed by atoms with E-state index in [0.29, 0.717) is 45.3 Å². The molecular weight excluding hydrogens is 282 g/mol. The molecule has 0 amide bonds. The Morgan fingerprint density at radius 3 is 1.95 bits per heavy atom. The van der Waals surface area contributed by atoms with Gasteiger partial charge in [-0.3, -0.25) is 0 Å². The minimum atomic E-state index is 0.0785. The van der Waals surface area contributed by atoms with Crippen LogP contribution in [0.15, 0.2) is 12.1 Å². The quantitative estimate of drug-likeness (QED) is 0.401. The van der Waals surface area contributed by atoms with Crippen LogP contribution in [-0.4, -0.2) is 0 Å². The van der Waals surface area contributed by atoms with E-state index in [9.17, 15) is 0 Å². The first kappa shape index (κ1) is 15.2. The fraction of sp³-hybridized carbons (Fsp3) is 0.143. The lowest BCUT2D eigenvalue weighted by Gasteiger charge is -2.17. The normalized spacial score (nSPS) is 10.6. The van der Waals surface area contributed by atoms with Gasteiger partial charge in [-0.1, -0.05) is 0 Å². The van der Waals surface area contributed by atoms with Gasteiger partial charge in [0.25, 0.3) is 0 Å². The summed E-state index contributed by atoms with van der Waals surface area (Å²) in [6.45, 7) is 1.84. The number of nitrogen functional groups attached to an aromatic ring is 7. The minimum Gasteiger partial charge on any atom is -0.486 e. The van der Waals surface area contributed by atoms with Crippen LogP contribution in [0.4, 0.5) is 39.8 Å². The van der Waals surface area contributed by atoms with Crippen molar-refractivity contribution in [1.29, 1.82) is 0 Å². The summed E-state index contributed by atoms with van der Waals surface area (Å²) in [5.74, 6) is 0.401. The van der Waals surface area contributed by atoms with E-state index >= 15 is 0 Å². The number of ether oxygens (including phenoxy) is 1. The van der Waals surface area contributed by atoms with Crippen molar-refractivity contribution in [1.82, 2.24) is 0 Å². The SMILES string of the molecule is Cc1c(N)c(N)cc(OCc2c(N)cc(N)c(N)c2N)c1N. The van der Waals surface area contributed by atoms with Gasteiger partial charge in [0.15, 0.2) is 0 Å². The summed E-state index contributed by atoms with van der Waals surface area (Å²) in [4.78, 5) is 0. The molecular formula is C14H21N7O. The van der Waals surface area contributed by atoms with Crippen LogP contribution in [0.2, 0.25) is 0 Å². The number of anilines is 7. The molecule has 0 heterocycles. The predicted molar refractivity (Wildman–Crippen MR) is 92.8 cm³/mol. The Morgan fingerprint density at radius 1 is 0.727 bits per heavy atom. The van der Waals surface area contributed by atoms with Gasteiger partial charge in [0, 0.05) is 22.9 Å². The zero-order valence-corrected chi connectivity index (χ0v) is 12.3. The van der Waals surface area contributed by atoms with Crippen molar-refractivity contribution in [2.24, 2.45) is 0 Å². The maximum atomic E-state index is 5.98. The lowest BCUT2D eigenvalue weighted by atomic mass is 10.1. The Bertz CT molecular complexity index is 743. The molecule has 0 atom stereocenters. The Balaban J connectivity index is 2.34. The maximum Gasteiger partial charge on any atom is 0.145 e. The Kier molecular flexibility index (Phi) is 3.68. The Morgan fingerprint density at radius 2 is 1.32 bits per heavy atom. The van der Waals surface area contributed by atoms with Crippen molar-refractivity contribution in [2.75, 3.05) is 40.1 Å². The van der Waals surface area contributed by atoms with Gasteiger partial charge in [0.2, 0.25) is 0 Å². The fourth-order valence-corrected chi connectivity index (χ4v) is 2.08. The van der Waals surface area contributed by atoms with E-state index < -0.39 is 0 Å². The summed E-state index contributed by atoms with van der Waals surface area (Å²) in [5.41, 5.74) is 44.6. The van der Waals surface area contributed by atoms with Crippen molar-refractivity contribution in [3.8, 4) is 5.75 Å². The van der Waals surface area contributed by atoms with E-state index in [1.54, 1.807) is 13.0 Å². The molecule has 2 rings (SSSR count). The van der Waals surface area contributed by atoms with E-state index in [1.165, 1.54) is 6.07 Å².